The van der Waals surface area contributed by atoms with Crippen molar-refractivity contribution in [2.24, 2.45) is 0 Å². The molecule has 3 heteroatoms. The summed E-state index contributed by atoms with van der Waals surface area (Å²) >= 11 is 0. The van der Waals surface area contributed by atoms with E-state index >= 15 is 0 Å². The molecule has 0 bridgehead atoms. The van der Waals surface area contributed by atoms with E-state index in [4.69, 9.17) is 4.74 Å². The first-order valence-electron chi connectivity index (χ1n) is 3.35. The minimum Gasteiger partial charge on any atom is -0.489 e. The molecule has 1 aliphatic heterocycles. The molecule has 1 aromatic carbocycles. The maximum atomic E-state index is 5.34. The summed E-state index contributed by atoms with van der Waals surface area (Å²) in [5, 5.41) is 0. The average Bonchev–Trinajstić information content (AvgIpc) is 2.05. The molecule has 4 radical (unpaired) electrons. The minimum absolute atomic E-state index is 0. The van der Waals surface area contributed by atoms with E-state index in [1.807, 2.05) is 30.3 Å². The molecule has 1 nitrogen and oxygen atoms in total. The molecule has 0 unspecified atom stereocenters. The van der Waals surface area contributed by atoms with Gasteiger partial charge in [-0.05, 0) is 12.1 Å². The largest absolute Gasteiger partial charge is 0.489 e. The molecule has 1 aromatic rings. The zero-order chi connectivity index (χ0) is 6.81. The topological polar surface area (TPSA) is 9.23 Å². The van der Waals surface area contributed by atoms with Crippen LogP contribution in [0.2, 0.25) is 0 Å². The summed E-state index contributed by atoms with van der Waals surface area (Å²) in [5.41, 5.74) is 1.17. The maximum Gasteiger partial charge on any atom is 0.126 e. The van der Waals surface area contributed by atoms with E-state index in [0.29, 0.717) is 6.61 Å². The van der Waals surface area contributed by atoms with Crippen LogP contribution in [0.15, 0.2) is 30.3 Å². The second-order valence-corrected chi connectivity index (χ2v) is 2.25. The molecule has 2 rings (SSSR count). The molecular weight excluding hydrogens is 208 g/mol. The van der Waals surface area contributed by atoms with Crippen LogP contribution in [0.1, 0.15) is 5.56 Å². The third-order valence-electron chi connectivity index (χ3n) is 1.55. The summed E-state index contributed by atoms with van der Waals surface area (Å²) < 4.78 is 5.34. The van der Waals surface area contributed by atoms with Crippen molar-refractivity contribution in [2.45, 2.75) is 0 Å². The Labute approximate surface area is 87.3 Å². The first-order valence-corrected chi connectivity index (χ1v) is 3.35. The Hall–Kier alpha value is -0.504. The molecule has 1 aliphatic rings. The molecular formula is C9H8FeOSi. The normalized spacial score (nSPS) is 11.7. The van der Waals surface area contributed by atoms with E-state index in [-0.39, 0.29) is 28.0 Å². The molecule has 62 valence electrons. The molecule has 0 amide bonds. The molecule has 0 fully saturated rings. The third-order valence-corrected chi connectivity index (χ3v) is 1.55. The van der Waals surface area contributed by atoms with E-state index < -0.39 is 0 Å². The third kappa shape index (κ3) is 2.24. The van der Waals surface area contributed by atoms with Crippen LogP contribution in [0, 0.1) is 0 Å². The summed E-state index contributed by atoms with van der Waals surface area (Å²) in [6, 6.07) is 8.03. The Kier molecular flexibility index (Phi) is 4.98. The Morgan fingerprint density at radius 1 is 1.17 bits per heavy atom. The fourth-order valence-corrected chi connectivity index (χ4v) is 1.06. The summed E-state index contributed by atoms with van der Waals surface area (Å²) in [7, 11) is 0. The number of ether oxygens (including phenoxy) is 1. The van der Waals surface area contributed by atoms with Gasteiger partial charge in [-0.25, -0.2) is 0 Å². The van der Waals surface area contributed by atoms with Crippen molar-refractivity contribution < 1.29 is 21.8 Å². The van der Waals surface area contributed by atoms with Crippen molar-refractivity contribution in [3.63, 3.8) is 0 Å². The van der Waals surface area contributed by atoms with Gasteiger partial charge in [0.1, 0.15) is 12.4 Å². The predicted octanol–water partition coefficient (Wildman–Crippen LogP) is 1.71. The van der Waals surface area contributed by atoms with Crippen molar-refractivity contribution in [3.05, 3.63) is 35.9 Å². The van der Waals surface area contributed by atoms with Gasteiger partial charge in [0.2, 0.25) is 0 Å². The van der Waals surface area contributed by atoms with E-state index in [1.54, 1.807) is 0 Å². The number of benzene rings is 1. The number of hydrogen-bond acceptors (Lipinski definition) is 1. The summed E-state index contributed by atoms with van der Waals surface area (Å²) in [6.07, 6.45) is 4.10. The monoisotopic (exact) mass is 216 g/mol. The van der Waals surface area contributed by atoms with Crippen LogP contribution in [0.5, 0.6) is 5.75 Å². The Balaban J connectivity index is 0.000000605. The summed E-state index contributed by atoms with van der Waals surface area (Å²) in [6.45, 7) is 0.705. The van der Waals surface area contributed by atoms with Gasteiger partial charge in [0.15, 0.2) is 0 Å². The summed E-state index contributed by atoms with van der Waals surface area (Å²) in [5.74, 6) is 0.991. The van der Waals surface area contributed by atoms with Crippen LogP contribution in [0.4, 0.5) is 0 Å². The SMILES string of the molecule is C1=Cc2ccccc2OC1.[Fe].[Si]. The second kappa shape index (κ2) is 5.20. The van der Waals surface area contributed by atoms with Gasteiger partial charge in [-0.3, -0.25) is 0 Å². The predicted molar refractivity (Wildman–Crippen MR) is 46.7 cm³/mol. The molecule has 1 heterocycles. The van der Waals surface area contributed by atoms with Crippen molar-refractivity contribution >= 4 is 17.0 Å². The van der Waals surface area contributed by atoms with Gasteiger partial charge < -0.3 is 4.74 Å². The molecule has 0 N–H and O–H groups in total. The standard InChI is InChI=1S/C9H8O.Fe.Si/c1-2-6-9-8(4-1)5-3-7-10-9;;/h1-6H,7H2;;. The van der Waals surface area contributed by atoms with E-state index in [0.717, 1.165) is 5.75 Å². The van der Waals surface area contributed by atoms with Gasteiger partial charge in [0.25, 0.3) is 0 Å². The second-order valence-electron chi connectivity index (χ2n) is 2.25. The molecule has 0 aromatic heterocycles. The van der Waals surface area contributed by atoms with Gasteiger partial charge in [-0.15, -0.1) is 0 Å². The van der Waals surface area contributed by atoms with Crippen LogP contribution in [0.25, 0.3) is 6.08 Å². The Morgan fingerprint density at radius 3 is 2.67 bits per heavy atom. The summed E-state index contributed by atoms with van der Waals surface area (Å²) in [4.78, 5) is 0. The molecule has 12 heavy (non-hydrogen) atoms. The van der Waals surface area contributed by atoms with Gasteiger partial charge in [0, 0.05) is 33.6 Å². The average molecular weight is 216 g/mol. The van der Waals surface area contributed by atoms with Crippen molar-refractivity contribution in [1.82, 2.24) is 0 Å². The van der Waals surface area contributed by atoms with E-state index in [2.05, 4.69) is 6.08 Å². The van der Waals surface area contributed by atoms with E-state index in [9.17, 15) is 0 Å². The fourth-order valence-electron chi connectivity index (χ4n) is 1.06. The first kappa shape index (κ1) is 11.5. The van der Waals surface area contributed by atoms with Crippen molar-refractivity contribution in [2.75, 3.05) is 6.61 Å². The van der Waals surface area contributed by atoms with Crippen LogP contribution in [-0.2, 0) is 17.1 Å². The molecule has 0 saturated carbocycles. The van der Waals surface area contributed by atoms with Gasteiger partial charge in [-0.1, -0.05) is 24.3 Å². The van der Waals surface area contributed by atoms with Crippen molar-refractivity contribution in [1.29, 1.82) is 0 Å². The first-order chi connectivity index (χ1) is 4.97. The Morgan fingerprint density at radius 2 is 1.92 bits per heavy atom. The van der Waals surface area contributed by atoms with E-state index in [1.165, 1.54) is 5.56 Å². The number of rotatable bonds is 0. The van der Waals surface area contributed by atoms with Gasteiger partial charge in [-0.2, -0.15) is 0 Å². The zero-order valence-corrected chi connectivity index (χ0v) is 8.54. The molecule has 0 saturated heterocycles. The Bertz CT molecular complexity index is 273. The van der Waals surface area contributed by atoms with Crippen LogP contribution in [0.3, 0.4) is 0 Å². The van der Waals surface area contributed by atoms with Gasteiger partial charge in [0.05, 0.1) is 0 Å². The zero-order valence-electron chi connectivity index (χ0n) is 6.43. The maximum absolute atomic E-state index is 5.34. The number of hydrogen-bond donors (Lipinski definition) is 0. The van der Waals surface area contributed by atoms with Gasteiger partial charge >= 0.3 is 0 Å². The smallest absolute Gasteiger partial charge is 0.126 e. The molecule has 0 aliphatic carbocycles. The van der Waals surface area contributed by atoms with Crippen LogP contribution >= 0.6 is 0 Å². The fraction of sp³-hybridized carbons (Fsp3) is 0.111. The quantitative estimate of drug-likeness (QED) is 0.600. The number of para-hydroxylation sites is 1. The van der Waals surface area contributed by atoms with Crippen molar-refractivity contribution in [3.8, 4) is 5.75 Å². The van der Waals surface area contributed by atoms with Crippen LogP contribution in [-0.4, -0.2) is 17.6 Å². The minimum atomic E-state index is 0. The molecule has 0 spiro atoms. The number of fused-ring (bicyclic) bond motifs is 1. The van der Waals surface area contributed by atoms with Crippen LogP contribution < -0.4 is 4.74 Å². The molecule has 0 atom stereocenters.